The van der Waals surface area contributed by atoms with E-state index < -0.39 is 17.5 Å². The molecule has 0 spiro atoms. The molecule has 228 valence electrons. The molecule has 5 aliphatic rings. The van der Waals surface area contributed by atoms with Crippen LogP contribution in [0.2, 0.25) is 0 Å². The van der Waals surface area contributed by atoms with E-state index in [1.54, 1.807) is 0 Å². The van der Waals surface area contributed by atoms with Crippen molar-refractivity contribution >= 4 is 5.97 Å². The van der Waals surface area contributed by atoms with Gasteiger partial charge in [0.25, 0.3) is 0 Å². The Labute approximate surface area is 238 Å². The fourth-order valence-corrected chi connectivity index (χ4v) is 9.98. The summed E-state index contributed by atoms with van der Waals surface area (Å²) >= 11 is 0. The van der Waals surface area contributed by atoms with Crippen LogP contribution >= 0.6 is 0 Å². The first-order valence-electron chi connectivity index (χ1n) is 16.3. The lowest BCUT2D eigenvalue weighted by Gasteiger charge is -2.61. The van der Waals surface area contributed by atoms with Gasteiger partial charge in [0.05, 0.1) is 0 Å². The molecule has 0 amide bonds. The van der Waals surface area contributed by atoms with Crippen LogP contribution in [0.5, 0.6) is 0 Å². The van der Waals surface area contributed by atoms with Crippen LogP contribution in [0.4, 0.5) is 0 Å². The fraction of sp³-hybridized carbons (Fsp3) is 0.970. The summed E-state index contributed by atoms with van der Waals surface area (Å²) in [6.45, 7) is 13.4. The third-order valence-corrected chi connectivity index (χ3v) is 12.4. The van der Waals surface area contributed by atoms with Gasteiger partial charge in [0, 0.05) is 32.1 Å². The van der Waals surface area contributed by atoms with Crippen molar-refractivity contribution < 1.29 is 30.3 Å². The van der Waals surface area contributed by atoms with Gasteiger partial charge in [0.1, 0.15) is 0 Å². The molecule has 0 saturated heterocycles. The molecule has 0 aliphatic heterocycles. The molecule has 0 aromatic rings. The zero-order valence-corrected chi connectivity index (χ0v) is 25.8. The second kappa shape index (κ2) is 12.7. The predicted octanol–water partition coefficient (Wildman–Crippen LogP) is 6.73. The molecule has 5 fully saturated rings. The van der Waals surface area contributed by atoms with Gasteiger partial charge in [-0.3, -0.25) is 4.79 Å². The number of hydrogen-bond donors (Lipinski definition) is 5. The van der Waals surface area contributed by atoms with Gasteiger partial charge in [0.15, 0.2) is 11.6 Å². The summed E-state index contributed by atoms with van der Waals surface area (Å²) < 4.78 is 0. The van der Waals surface area contributed by atoms with Crippen molar-refractivity contribution in [2.24, 2.45) is 52.3 Å². The van der Waals surface area contributed by atoms with E-state index in [0.29, 0.717) is 61.2 Å². The Bertz CT molecular complexity index is 800. The molecule has 0 radical (unpaired) electrons. The third-order valence-electron chi connectivity index (χ3n) is 12.4. The molecule has 5 saturated carbocycles. The van der Waals surface area contributed by atoms with E-state index in [2.05, 4.69) is 27.7 Å². The van der Waals surface area contributed by atoms with E-state index in [0.717, 1.165) is 49.9 Å². The molecule has 0 aromatic heterocycles. The highest BCUT2D eigenvalue weighted by molar-refractivity contribution is 5.66. The van der Waals surface area contributed by atoms with Gasteiger partial charge in [-0.05, 0) is 116 Å². The number of carboxylic acids is 1. The molecule has 39 heavy (non-hydrogen) atoms. The van der Waals surface area contributed by atoms with Gasteiger partial charge in [-0.1, -0.05) is 41.5 Å². The van der Waals surface area contributed by atoms with Crippen molar-refractivity contribution in [3.05, 3.63) is 0 Å². The first-order chi connectivity index (χ1) is 18.2. The Kier molecular flexibility index (Phi) is 10.7. The van der Waals surface area contributed by atoms with Crippen LogP contribution in [0.15, 0.2) is 0 Å². The van der Waals surface area contributed by atoms with Crippen LogP contribution in [0.1, 0.15) is 138 Å². The second-order valence-electron chi connectivity index (χ2n) is 14.6. The highest BCUT2D eigenvalue weighted by Crippen LogP contribution is 2.68. The predicted molar refractivity (Wildman–Crippen MR) is 155 cm³/mol. The average Bonchev–Trinajstić information content (AvgIpc) is 3.24. The molecule has 6 nitrogen and oxygen atoms in total. The van der Waals surface area contributed by atoms with E-state index >= 15 is 0 Å². The highest BCUT2D eigenvalue weighted by atomic mass is 16.5. The van der Waals surface area contributed by atoms with Crippen LogP contribution in [-0.4, -0.2) is 43.1 Å². The van der Waals surface area contributed by atoms with Crippen LogP contribution in [-0.2, 0) is 4.79 Å². The highest BCUT2D eigenvalue weighted by Gasteiger charge is 2.61. The summed E-state index contributed by atoms with van der Waals surface area (Å²) in [5.41, 5.74) is 0.640. The summed E-state index contributed by atoms with van der Waals surface area (Å²) in [6, 6.07) is 0. The summed E-state index contributed by atoms with van der Waals surface area (Å²) in [6.07, 6.45) is 13.7. The Hall–Kier alpha value is -0.690. The van der Waals surface area contributed by atoms with Crippen molar-refractivity contribution in [1.82, 2.24) is 0 Å². The Balaban J connectivity index is 0.000000322. The third kappa shape index (κ3) is 7.21. The number of hydrogen-bond acceptors (Lipinski definition) is 5. The minimum Gasteiger partial charge on any atom is -0.481 e. The standard InChI is InChI=1S/C24H40O4.C7H14O2.C2H6/c1-15(4-9-21(25)26)18-7-8-19-17-6-5-16-14-24(27,28)13-12-22(16,2)20(17)10-11-23(18,19)3;1-6-2-4-7(8,9)5-3-6;1-2/h15-20,27-28H,4-14H2,1-3H3,(H,25,26);6,8-9H,2-5H2,1H3;1-2H3. The van der Waals surface area contributed by atoms with Crippen molar-refractivity contribution in [3.8, 4) is 0 Å². The molecule has 5 N–H and O–H groups in total. The van der Waals surface area contributed by atoms with Gasteiger partial charge in [-0.15, -0.1) is 0 Å². The zero-order valence-electron chi connectivity index (χ0n) is 25.8. The Morgan fingerprint density at radius 3 is 1.97 bits per heavy atom. The summed E-state index contributed by atoms with van der Waals surface area (Å²) in [5.74, 6) is 1.12. The molecule has 0 aromatic carbocycles. The minimum atomic E-state index is -1.45. The van der Waals surface area contributed by atoms with Crippen molar-refractivity contribution in [1.29, 1.82) is 0 Å². The first kappa shape index (κ1) is 32.8. The molecular weight excluding hydrogens is 492 g/mol. The topological polar surface area (TPSA) is 118 Å². The van der Waals surface area contributed by atoms with E-state index in [9.17, 15) is 15.0 Å². The molecule has 5 rings (SSSR count). The molecule has 6 heteroatoms. The minimum absolute atomic E-state index is 0.270. The second-order valence-corrected chi connectivity index (χ2v) is 14.6. The summed E-state index contributed by atoms with van der Waals surface area (Å²) in [4.78, 5) is 11.0. The van der Waals surface area contributed by atoms with E-state index in [1.165, 1.54) is 32.1 Å². The van der Waals surface area contributed by atoms with Gasteiger partial charge in [-0.2, -0.15) is 0 Å². The van der Waals surface area contributed by atoms with Crippen LogP contribution < -0.4 is 0 Å². The molecule has 0 heterocycles. The molecule has 0 bridgehead atoms. The number of rotatable bonds is 4. The van der Waals surface area contributed by atoms with Gasteiger partial charge in [0.2, 0.25) is 0 Å². The lowest BCUT2D eigenvalue weighted by molar-refractivity contribution is -0.233. The summed E-state index contributed by atoms with van der Waals surface area (Å²) in [5, 5.41) is 47.6. The monoisotopic (exact) mass is 552 g/mol. The molecular formula is C33H60O6. The average molecular weight is 553 g/mol. The smallest absolute Gasteiger partial charge is 0.303 e. The lowest BCUT2D eigenvalue weighted by Crippen LogP contribution is -2.56. The summed E-state index contributed by atoms with van der Waals surface area (Å²) in [7, 11) is 0. The Morgan fingerprint density at radius 2 is 1.38 bits per heavy atom. The number of carboxylic acid groups (broad SMARTS) is 1. The fourth-order valence-electron chi connectivity index (χ4n) is 9.98. The largest absolute Gasteiger partial charge is 0.481 e. The van der Waals surface area contributed by atoms with E-state index in [1.807, 2.05) is 13.8 Å². The van der Waals surface area contributed by atoms with Crippen molar-refractivity contribution in [3.63, 3.8) is 0 Å². The number of aliphatic carboxylic acids is 1. The van der Waals surface area contributed by atoms with Crippen molar-refractivity contribution in [2.45, 2.75) is 149 Å². The molecule has 8 atom stereocenters. The lowest BCUT2D eigenvalue weighted by atomic mass is 9.44. The maximum absolute atomic E-state index is 11.0. The zero-order chi connectivity index (χ0) is 29.2. The van der Waals surface area contributed by atoms with Crippen LogP contribution in [0.3, 0.4) is 0 Å². The number of carbonyl (C=O) groups is 1. The van der Waals surface area contributed by atoms with Gasteiger partial charge in [-0.25, -0.2) is 0 Å². The maximum atomic E-state index is 11.0. The van der Waals surface area contributed by atoms with Crippen LogP contribution in [0, 0.1) is 52.3 Å². The van der Waals surface area contributed by atoms with Gasteiger partial charge < -0.3 is 25.5 Å². The molecule has 8 unspecified atom stereocenters. The first-order valence-corrected chi connectivity index (χ1v) is 16.3. The SMILES string of the molecule is CC.CC(CCC(=O)O)C1CCC2C3CCC4CC(O)(O)CCC4(C)C3CCC12C.CC1CCC(O)(O)CC1. The maximum Gasteiger partial charge on any atom is 0.303 e. The molecule has 5 aliphatic carbocycles. The normalized spacial score (nSPS) is 41.3. The van der Waals surface area contributed by atoms with E-state index in [4.69, 9.17) is 15.3 Å². The quantitative estimate of drug-likeness (QED) is 0.247. The Morgan fingerprint density at radius 1 is 0.769 bits per heavy atom. The van der Waals surface area contributed by atoms with E-state index in [-0.39, 0.29) is 5.41 Å². The number of aliphatic hydroxyl groups is 4. The van der Waals surface area contributed by atoms with Crippen molar-refractivity contribution in [2.75, 3.05) is 0 Å². The van der Waals surface area contributed by atoms with Crippen LogP contribution in [0.25, 0.3) is 0 Å². The van der Waals surface area contributed by atoms with Gasteiger partial charge >= 0.3 is 5.97 Å². The number of fused-ring (bicyclic) bond motifs is 5.